The zero-order valence-corrected chi connectivity index (χ0v) is 19.1. The van der Waals surface area contributed by atoms with Crippen molar-refractivity contribution < 1.29 is 19.4 Å². The molecule has 5 rings (SSSR count). The second-order valence-electron chi connectivity index (χ2n) is 7.53. The number of fused-ring (bicyclic) bond motifs is 2. The molecule has 3 atom stereocenters. The second-order valence-corrected chi connectivity index (χ2v) is 10.4. The number of thioether (sulfide) groups is 1. The van der Waals surface area contributed by atoms with Crippen molar-refractivity contribution in [1.29, 1.82) is 0 Å². The van der Waals surface area contributed by atoms with Crippen LogP contribution in [0.1, 0.15) is 21.9 Å². The predicted molar refractivity (Wildman–Crippen MR) is 123 cm³/mol. The number of benzene rings is 2. The standard InChI is InChI=1S/C22H18N2O4S3/c1-10-3-6-12(7-4-10)24-20(26)16-15(11-5-8-13(25)14(9-11)28-2)17-19(23-22(29)31-17)30-18(16)21(24)27/h3-9,15-16,18,25H,1-2H3,(H,23,29)/t15-,16+,18+/m1/s1. The van der Waals surface area contributed by atoms with Gasteiger partial charge >= 0.3 is 0 Å². The molecule has 0 radical (unpaired) electrons. The first kappa shape index (κ1) is 20.3. The van der Waals surface area contributed by atoms with E-state index in [1.54, 1.807) is 30.3 Å². The zero-order valence-electron chi connectivity index (χ0n) is 16.6. The first-order valence-corrected chi connectivity index (χ1v) is 11.7. The lowest BCUT2D eigenvalue weighted by atomic mass is 9.83. The fourth-order valence-corrected chi connectivity index (χ4v) is 7.17. The van der Waals surface area contributed by atoms with Crippen molar-refractivity contribution in [2.24, 2.45) is 5.92 Å². The summed E-state index contributed by atoms with van der Waals surface area (Å²) in [5, 5.41) is 10.3. The van der Waals surface area contributed by atoms with Gasteiger partial charge in [0.25, 0.3) is 0 Å². The Morgan fingerprint density at radius 3 is 2.58 bits per heavy atom. The topological polar surface area (TPSA) is 82.6 Å². The molecule has 0 unspecified atom stereocenters. The molecule has 2 N–H and O–H groups in total. The van der Waals surface area contributed by atoms with Gasteiger partial charge in [0.15, 0.2) is 15.5 Å². The molecular weight excluding hydrogens is 452 g/mol. The third-order valence-electron chi connectivity index (χ3n) is 5.68. The number of rotatable bonds is 3. The molecule has 0 aliphatic carbocycles. The number of hydrogen-bond acceptors (Lipinski definition) is 7. The Hall–Kier alpha value is -2.62. The second kappa shape index (κ2) is 7.51. The molecule has 2 aliphatic heterocycles. The van der Waals surface area contributed by atoms with Gasteiger partial charge in [-0.05, 0) is 49.0 Å². The van der Waals surface area contributed by atoms with E-state index in [-0.39, 0.29) is 23.5 Å². The van der Waals surface area contributed by atoms with Crippen molar-refractivity contribution in [1.82, 2.24) is 4.98 Å². The summed E-state index contributed by atoms with van der Waals surface area (Å²) >= 11 is 8.14. The third kappa shape index (κ3) is 3.19. The maximum absolute atomic E-state index is 13.6. The van der Waals surface area contributed by atoms with E-state index in [2.05, 4.69) is 4.98 Å². The molecular formula is C22H18N2O4S3. The molecule has 6 nitrogen and oxygen atoms in total. The van der Waals surface area contributed by atoms with Gasteiger partial charge in [-0.15, -0.1) is 11.3 Å². The third-order valence-corrected chi connectivity index (χ3v) is 8.43. The lowest BCUT2D eigenvalue weighted by molar-refractivity contribution is -0.122. The number of carbonyl (C=O) groups excluding carboxylic acids is 2. The van der Waals surface area contributed by atoms with Crippen molar-refractivity contribution >= 4 is 52.8 Å². The van der Waals surface area contributed by atoms with E-state index in [0.29, 0.717) is 15.4 Å². The van der Waals surface area contributed by atoms with Crippen molar-refractivity contribution in [3.05, 3.63) is 62.4 Å². The van der Waals surface area contributed by atoms with Crippen molar-refractivity contribution in [3.8, 4) is 11.5 Å². The van der Waals surface area contributed by atoms with Crippen LogP contribution in [0.5, 0.6) is 11.5 Å². The number of aryl methyl sites for hydroxylation is 1. The maximum Gasteiger partial charge on any atom is 0.248 e. The van der Waals surface area contributed by atoms with E-state index in [1.165, 1.54) is 35.1 Å². The Bertz CT molecular complexity index is 1260. The lowest BCUT2D eigenvalue weighted by Gasteiger charge is -2.30. The molecule has 158 valence electrons. The number of ether oxygens (including phenoxy) is 1. The van der Waals surface area contributed by atoms with Gasteiger partial charge < -0.3 is 14.8 Å². The average molecular weight is 471 g/mol. The van der Waals surface area contributed by atoms with E-state index >= 15 is 0 Å². The summed E-state index contributed by atoms with van der Waals surface area (Å²) in [5.74, 6) is -1.07. The monoisotopic (exact) mass is 470 g/mol. The number of aromatic nitrogens is 1. The lowest BCUT2D eigenvalue weighted by Crippen LogP contribution is -2.32. The molecule has 0 bridgehead atoms. The minimum absolute atomic E-state index is 0.0185. The number of thiazole rings is 1. The average Bonchev–Trinajstić information content (AvgIpc) is 3.24. The van der Waals surface area contributed by atoms with Crippen LogP contribution in [0.3, 0.4) is 0 Å². The van der Waals surface area contributed by atoms with E-state index in [9.17, 15) is 14.7 Å². The summed E-state index contributed by atoms with van der Waals surface area (Å²) < 4.78 is 5.89. The Balaban J connectivity index is 1.66. The molecule has 2 amide bonds. The number of nitrogens with zero attached hydrogens (tertiary/aromatic N) is 1. The van der Waals surface area contributed by atoms with Crippen LogP contribution in [0, 0.1) is 16.8 Å². The van der Waals surface area contributed by atoms with Crippen LogP contribution in [0.25, 0.3) is 0 Å². The summed E-state index contributed by atoms with van der Waals surface area (Å²) in [6.45, 7) is 1.96. The summed E-state index contributed by atoms with van der Waals surface area (Å²) in [6.07, 6.45) is 0. The summed E-state index contributed by atoms with van der Waals surface area (Å²) in [5.41, 5.74) is 2.43. The molecule has 1 aromatic heterocycles. The smallest absolute Gasteiger partial charge is 0.248 e. The van der Waals surface area contributed by atoms with E-state index in [4.69, 9.17) is 17.0 Å². The van der Waals surface area contributed by atoms with Crippen LogP contribution >= 0.6 is 35.3 Å². The van der Waals surface area contributed by atoms with E-state index < -0.39 is 11.2 Å². The SMILES string of the molecule is COc1cc([C@H]2c3sc(=S)[nH]c3S[C@@H]3C(=O)N(c4ccc(C)cc4)C(=O)[C@@H]23)ccc1O. The Morgan fingerprint density at radius 1 is 1.13 bits per heavy atom. The molecule has 3 aromatic rings. The number of methoxy groups -OCH3 is 1. The molecule has 31 heavy (non-hydrogen) atoms. The van der Waals surface area contributed by atoms with Gasteiger partial charge in [-0.25, -0.2) is 4.90 Å². The van der Waals surface area contributed by atoms with Crippen LogP contribution in [0.2, 0.25) is 0 Å². The van der Waals surface area contributed by atoms with Crippen LogP contribution in [0.4, 0.5) is 5.69 Å². The number of imide groups is 1. The normalized spacial score (nSPS) is 22.4. The number of nitrogens with one attached hydrogen (secondary N) is 1. The minimum Gasteiger partial charge on any atom is -0.504 e. The number of hydrogen-bond donors (Lipinski definition) is 2. The maximum atomic E-state index is 13.6. The Labute approximate surface area is 191 Å². The van der Waals surface area contributed by atoms with Crippen LogP contribution in [-0.2, 0) is 9.59 Å². The summed E-state index contributed by atoms with van der Waals surface area (Å²) in [4.78, 5) is 32.4. The highest BCUT2D eigenvalue weighted by molar-refractivity contribution is 8.01. The highest BCUT2D eigenvalue weighted by atomic mass is 32.2. The number of carbonyl (C=O) groups is 2. The van der Waals surface area contributed by atoms with Crippen molar-refractivity contribution in [2.45, 2.75) is 23.1 Å². The molecule has 2 aromatic carbocycles. The van der Waals surface area contributed by atoms with Gasteiger partial charge in [-0.3, -0.25) is 9.59 Å². The molecule has 3 heterocycles. The van der Waals surface area contributed by atoms with Crippen LogP contribution in [0.15, 0.2) is 47.5 Å². The number of H-pyrrole nitrogens is 1. The van der Waals surface area contributed by atoms with Crippen molar-refractivity contribution in [2.75, 3.05) is 12.0 Å². The Morgan fingerprint density at radius 2 is 1.87 bits per heavy atom. The highest BCUT2D eigenvalue weighted by Gasteiger charge is 2.56. The van der Waals surface area contributed by atoms with E-state index in [1.807, 2.05) is 19.1 Å². The van der Waals surface area contributed by atoms with Gasteiger partial charge in [0, 0.05) is 10.8 Å². The predicted octanol–water partition coefficient (Wildman–Crippen LogP) is 4.62. The van der Waals surface area contributed by atoms with E-state index in [0.717, 1.165) is 21.0 Å². The van der Waals surface area contributed by atoms with Gasteiger partial charge in [-0.2, -0.15) is 0 Å². The molecule has 0 spiro atoms. The zero-order chi connectivity index (χ0) is 21.9. The fourth-order valence-electron chi connectivity index (χ4n) is 4.21. The van der Waals surface area contributed by atoms with Gasteiger partial charge in [0.2, 0.25) is 11.8 Å². The largest absolute Gasteiger partial charge is 0.504 e. The van der Waals surface area contributed by atoms with Crippen LogP contribution < -0.4 is 9.64 Å². The summed E-state index contributed by atoms with van der Waals surface area (Å²) in [6, 6.07) is 12.4. The quantitative estimate of drug-likeness (QED) is 0.429. The number of amides is 2. The number of aromatic hydroxyl groups is 1. The summed E-state index contributed by atoms with van der Waals surface area (Å²) in [7, 11) is 1.48. The fraction of sp³-hybridized carbons (Fsp3) is 0.227. The number of aromatic amines is 1. The molecule has 0 saturated carbocycles. The van der Waals surface area contributed by atoms with Crippen molar-refractivity contribution in [3.63, 3.8) is 0 Å². The molecule has 9 heteroatoms. The number of phenolic OH excluding ortho intramolecular Hbond substituents is 1. The number of anilines is 1. The van der Waals surface area contributed by atoms with Crippen LogP contribution in [-0.4, -0.2) is 34.3 Å². The first-order chi connectivity index (χ1) is 14.9. The molecule has 1 fully saturated rings. The minimum atomic E-state index is -0.581. The van der Waals surface area contributed by atoms with Gasteiger partial charge in [0.1, 0.15) is 5.25 Å². The highest BCUT2D eigenvalue weighted by Crippen LogP contribution is 2.54. The van der Waals surface area contributed by atoms with Gasteiger partial charge in [-0.1, -0.05) is 35.5 Å². The Kier molecular flexibility index (Phi) is 4.91. The number of phenols is 1. The molecule has 1 saturated heterocycles. The molecule has 2 aliphatic rings. The first-order valence-electron chi connectivity index (χ1n) is 9.60. The van der Waals surface area contributed by atoms with Gasteiger partial charge in [0.05, 0.1) is 23.7 Å².